The molecule has 0 unspecified atom stereocenters. The molecule has 1 saturated carbocycles. The number of hydrogen-bond acceptors (Lipinski definition) is 6. The summed E-state index contributed by atoms with van der Waals surface area (Å²) < 4.78 is 5.27. The number of carbonyl (C=O) groups excluding carboxylic acids is 4. The molecular formula is C22H37N3O6. The van der Waals surface area contributed by atoms with Gasteiger partial charge in [0.25, 0.3) is 0 Å². The summed E-state index contributed by atoms with van der Waals surface area (Å²) in [6.07, 6.45) is 5.26. The van der Waals surface area contributed by atoms with Crippen molar-refractivity contribution in [1.82, 2.24) is 16.0 Å². The van der Waals surface area contributed by atoms with Crippen LogP contribution >= 0.6 is 0 Å². The van der Waals surface area contributed by atoms with E-state index in [1.54, 1.807) is 20.8 Å². The third-order valence-corrected chi connectivity index (χ3v) is 6.29. The van der Waals surface area contributed by atoms with Crippen LogP contribution in [0.5, 0.6) is 0 Å². The van der Waals surface area contributed by atoms with Gasteiger partial charge in [-0.3, -0.25) is 19.2 Å². The Hall–Kier alpha value is -2.00. The van der Waals surface area contributed by atoms with Crippen molar-refractivity contribution in [3.63, 3.8) is 0 Å². The number of epoxide rings is 1. The standard InChI is InChI=1S/C22H37N3O6/c1-5-21(3,30)11-17(26)24-14(2)20(29)23-12-18(27)25-16(10-15-8-6-7-9-15)19(28)22(4)13-31-22/h14-16,30H,5-13H2,1-4H3,(H,23,29)(H,24,26)(H,25,27)/t14-,16+,21+,22-/m1/s1. The molecule has 0 aromatic carbocycles. The zero-order valence-electron chi connectivity index (χ0n) is 19.1. The molecule has 9 heteroatoms. The van der Waals surface area contributed by atoms with Crippen LogP contribution in [0.4, 0.5) is 0 Å². The number of Topliss-reactive ketones (excluding diaryl/α,β-unsaturated/α-hetero) is 1. The fourth-order valence-electron chi connectivity index (χ4n) is 3.82. The Morgan fingerprint density at radius 2 is 1.77 bits per heavy atom. The van der Waals surface area contributed by atoms with Gasteiger partial charge in [0.1, 0.15) is 11.6 Å². The molecule has 2 rings (SSSR count). The lowest BCUT2D eigenvalue weighted by Crippen LogP contribution is -2.52. The van der Waals surface area contributed by atoms with Crippen molar-refractivity contribution in [2.24, 2.45) is 5.92 Å². The minimum atomic E-state index is -1.14. The summed E-state index contributed by atoms with van der Waals surface area (Å²) in [5.41, 5.74) is -1.96. The van der Waals surface area contributed by atoms with Crippen molar-refractivity contribution in [3.05, 3.63) is 0 Å². The Morgan fingerprint density at radius 3 is 2.32 bits per heavy atom. The highest BCUT2D eigenvalue weighted by Crippen LogP contribution is 2.33. The smallest absolute Gasteiger partial charge is 0.242 e. The van der Waals surface area contributed by atoms with E-state index in [0.29, 0.717) is 25.4 Å². The average molecular weight is 440 g/mol. The first-order valence-corrected chi connectivity index (χ1v) is 11.2. The fourth-order valence-corrected chi connectivity index (χ4v) is 3.82. The Kier molecular flexibility index (Phi) is 8.59. The van der Waals surface area contributed by atoms with Crippen molar-refractivity contribution in [2.75, 3.05) is 13.2 Å². The lowest BCUT2D eigenvalue weighted by Gasteiger charge is -2.23. The molecule has 0 radical (unpaired) electrons. The minimum absolute atomic E-state index is 0.118. The van der Waals surface area contributed by atoms with Crippen molar-refractivity contribution in [3.8, 4) is 0 Å². The van der Waals surface area contributed by atoms with Crippen LogP contribution in [0.25, 0.3) is 0 Å². The molecule has 4 atom stereocenters. The van der Waals surface area contributed by atoms with Gasteiger partial charge >= 0.3 is 0 Å². The van der Waals surface area contributed by atoms with Gasteiger partial charge in [0.05, 0.1) is 31.2 Å². The molecule has 0 aromatic heterocycles. The summed E-state index contributed by atoms with van der Waals surface area (Å²) >= 11 is 0. The molecule has 1 aliphatic carbocycles. The predicted molar refractivity (Wildman–Crippen MR) is 114 cm³/mol. The van der Waals surface area contributed by atoms with Gasteiger partial charge in [0, 0.05) is 0 Å². The van der Waals surface area contributed by atoms with Gasteiger partial charge in [0.15, 0.2) is 5.78 Å². The van der Waals surface area contributed by atoms with Gasteiger partial charge in [-0.15, -0.1) is 0 Å². The number of nitrogens with one attached hydrogen (secondary N) is 3. The minimum Gasteiger partial charge on any atom is -0.390 e. The third-order valence-electron chi connectivity index (χ3n) is 6.29. The second kappa shape index (κ2) is 10.5. The third kappa shape index (κ3) is 7.88. The van der Waals surface area contributed by atoms with E-state index in [9.17, 15) is 24.3 Å². The van der Waals surface area contributed by atoms with Gasteiger partial charge < -0.3 is 25.8 Å². The quantitative estimate of drug-likeness (QED) is 0.328. The molecule has 2 fully saturated rings. The summed E-state index contributed by atoms with van der Waals surface area (Å²) in [5, 5.41) is 17.7. The second-order valence-electron chi connectivity index (χ2n) is 9.42. The second-order valence-corrected chi connectivity index (χ2v) is 9.42. The van der Waals surface area contributed by atoms with E-state index in [4.69, 9.17) is 4.74 Å². The van der Waals surface area contributed by atoms with Crippen LogP contribution < -0.4 is 16.0 Å². The van der Waals surface area contributed by atoms with Crippen molar-refractivity contribution in [2.45, 2.75) is 95.9 Å². The zero-order valence-corrected chi connectivity index (χ0v) is 19.1. The Balaban J connectivity index is 1.81. The van der Waals surface area contributed by atoms with Crippen LogP contribution in [-0.4, -0.2) is 65.0 Å². The molecule has 4 N–H and O–H groups in total. The van der Waals surface area contributed by atoms with E-state index in [0.717, 1.165) is 25.7 Å². The predicted octanol–water partition coefficient (Wildman–Crippen LogP) is 0.582. The van der Waals surface area contributed by atoms with E-state index in [2.05, 4.69) is 16.0 Å². The van der Waals surface area contributed by atoms with Gasteiger partial charge in [-0.2, -0.15) is 0 Å². The van der Waals surface area contributed by atoms with E-state index >= 15 is 0 Å². The number of amides is 3. The summed E-state index contributed by atoms with van der Waals surface area (Å²) in [7, 11) is 0. The molecule has 0 spiro atoms. The summed E-state index contributed by atoms with van der Waals surface area (Å²) in [6, 6.07) is -1.49. The maximum Gasteiger partial charge on any atom is 0.242 e. The van der Waals surface area contributed by atoms with Gasteiger partial charge in [0.2, 0.25) is 17.7 Å². The average Bonchev–Trinajstić information content (AvgIpc) is 3.24. The number of rotatable bonds is 12. The van der Waals surface area contributed by atoms with E-state index in [1.807, 2.05) is 0 Å². The SMILES string of the molecule is CC[C@](C)(O)CC(=O)N[C@H](C)C(=O)NCC(=O)N[C@@H](CC1CCCC1)C(=O)[C@@]1(C)CO1. The number of carbonyl (C=O) groups is 4. The molecule has 176 valence electrons. The first-order chi connectivity index (χ1) is 14.5. The van der Waals surface area contributed by atoms with E-state index in [1.165, 1.54) is 6.92 Å². The normalized spacial score (nSPS) is 24.5. The summed E-state index contributed by atoms with van der Waals surface area (Å²) in [4.78, 5) is 49.4. The molecule has 1 heterocycles. The van der Waals surface area contributed by atoms with Gasteiger partial charge in [-0.1, -0.05) is 32.6 Å². The van der Waals surface area contributed by atoms with Crippen LogP contribution in [0.15, 0.2) is 0 Å². The molecule has 1 saturated heterocycles. The molecule has 3 amide bonds. The van der Waals surface area contributed by atoms with Crippen molar-refractivity contribution in [1.29, 1.82) is 0 Å². The lowest BCUT2D eigenvalue weighted by molar-refractivity contribution is -0.133. The van der Waals surface area contributed by atoms with Crippen LogP contribution in [0.3, 0.4) is 0 Å². The maximum atomic E-state index is 12.8. The molecule has 1 aliphatic heterocycles. The van der Waals surface area contributed by atoms with Crippen molar-refractivity contribution < 1.29 is 29.0 Å². The molecule has 2 aliphatic rings. The Bertz CT molecular complexity index is 683. The van der Waals surface area contributed by atoms with E-state index in [-0.39, 0.29) is 18.7 Å². The summed E-state index contributed by atoms with van der Waals surface area (Å²) in [6.45, 7) is 6.62. The highest BCUT2D eigenvalue weighted by Gasteiger charge is 2.50. The monoisotopic (exact) mass is 439 g/mol. The van der Waals surface area contributed by atoms with Gasteiger partial charge in [-0.25, -0.2) is 0 Å². The summed E-state index contributed by atoms with van der Waals surface area (Å²) in [5.74, 6) is -1.14. The molecule has 0 bridgehead atoms. The molecule has 0 aromatic rings. The first-order valence-electron chi connectivity index (χ1n) is 11.2. The van der Waals surface area contributed by atoms with Crippen LogP contribution in [0.2, 0.25) is 0 Å². The van der Waals surface area contributed by atoms with Crippen LogP contribution in [-0.2, 0) is 23.9 Å². The molecule has 31 heavy (non-hydrogen) atoms. The topological polar surface area (TPSA) is 137 Å². The van der Waals surface area contributed by atoms with E-state index < -0.39 is 41.0 Å². The van der Waals surface area contributed by atoms with Crippen LogP contribution in [0, 0.1) is 5.92 Å². The lowest BCUT2D eigenvalue weighted by atomic mass is 9.91. The largest absolute Gasteiger partial charge is 0.390 e. The number of hydrogen-bond donors (Lipinski definition) is 4. The molecule has 9 nitrogen and oxygen atoms in total. The van der Waals surface area contributed by atoms with Gasteiger partial charge in [-0.05, 0) is 39.5 Å². The number of ether oxygens (including phenoxy) is 1. The van der Waals surface area contributed by atoms with Crippen molar-refractivity contribution >= 4 is 23.5 Å². The Morgan fingerprint density at radius 1 is 1.16 bits per heavy atom. The van der Waals surface area contributed by atoms with Crippen LogP contribution in [0.1, 0.15) is 72.6 Å². The highest BCUT2D eigenvalue weighted by molar-refractivity contribution is 5.97. The fraction of sp³-hybridized carbons (Fsp3) is 0.818. The Labute approximate surface area is 184 Å². The zero-order chi connectivity index (χ0) is 23.2. The molecular weight excluding hydrogens is 402 g/mol. The maximum absolute atomic E-state index is 12.8. The number of aliphatic hydroxyl groups is 1. The first kappa shape index (κ1) is 25.3. The highest BCUT2D eigenvalue weighted by atomic mass is 16.6. The number of ketones is 1.